The Morgan fingerprint density at radius 1 is 1.28 bits per heavy atom. The lowest BCUT2D eigenvalue weighted by molar-refractivity contribution is -0.142. The molecule has 1 aliphatic rings. The van der Waals surface area contributed by atoms with Crippen LogP contribution in [-0.2, 0) is 23.4 Å². The first-order valence-electron chi connectivity index (χ1n) is 10.1. The van der Waals surface area contributed by atoms with Crippen molar-refractivity contribution in [3.63, 3.8) is 0 Å². The zero-order valence-corrected chi connectivity index (χ0v) is 18.9. The van der Waals surface area contributed by atoms with Crippen LogP contribution in [0.15, 0.2) is 47.4 Å². The molecule has 3 rings (SSSR count). The number of rotatable bonds is 9. The molecule has 1 aromatic heterocycles. The van der Waals surface area contributed by atoms with E-state index in [0.29, 0.717) is 18.6 Å². The topological polar surface area (TPSA) is 144 Å². The minimum absolute atomic E-state index is 0.127. The molecular weight excluding hydrogens is 439 g/mol. The van der Waals surface area contributed by atoms with Crippen molar-refractivity contribution in [1.82, 2.24) is 14.6 Å². The number of benzene rings is 1. The van der Waals surface area contributed by atoms with E-state index in [-0.39, 0.29) is 5.82 Å². The van der Waals surface area contributed by atoms with Crippen LogP contribution in [0, 0.1) is 0 Å². The van der Waals surface area contributed by atoms with E-state index in [2.05, 4.69) is 14.8 Å². The fourth-order valence-electron chi connectivity index (χ4n) is 3.29. The molecule has 0 radical (unpaired) electrons. The van der Waals surface area contributed by atoms with Crippen LogP contribution >= 0.6 is 7.75 Å². The number of esters is 1. The van der Waals surface area contributed by atoms with Crippen molar-refractivity contribution in [2.24, 2.45) is 0 Å². The molecule has 12 heteroatoms. The standard InChI is InChI=1S/C20H27N4O7P/c1-13(19(25)28-3)23-32(27,31-15-7-5-4-6-8-15)30-14(2)16-9-10-18(29-16)24-12-11-17(21)22-20(24)26/h4-8,11-14,16,18H,9-10H2,1-3H3,(H,23,27)(H2,21,22,26)/t13?,14?,16-,18+,32?/m0/s1. The summed E-state index contributed by atoms with van der Waals surface area (Å²) in [5.74, 6) is -0.190. The Bertz CT molecular complexity index is 1030. The molecule has 0 spiro atoms. The van der Waals surface area contributed by atoms with Crippen molar-refractivity contribution in [3.8, 4) is 5.75 Å². The van der Waals surface area contributed by atoms with Gasteiger partial charge >= 0.3 is 19.4 Å². The number of para-hydroxylation sites is 1. The second kappa shape index (κ2) is 10.3. The zero-order valence-electron chi connectivity index (χ0n) is 18.0. The summed E-state index contributed by atoms with van der Waals surface area (Å²) in [6.45, 7) is 3.17. The third-order valence-electron chi connectivity index (χ3n) is 4.90. The first kappa shape index (κ1) is 23.9. The molecule has 0 amide bonds. The van der Waals surface area contributed by atoms with Gasteiger partial charge in [-0.15, -0.1) is 0 Å². The van der Waals surface area contributed by atoms with E-state index in [4.69, 9.17) is 19.5 Å². The Morgan fingerprint density at radius 3 is 2.66 bits per heavy atom. The van der Waals surface area contributed by atoms with E-state index in [0.717, 1.165) is 0 Å². The number of methoxy groups -OCH3 is 1. The molecular formula is C20H27N4O7P. The molecule has 5 atom stereocenters. The van der Waals surface area contributed by atoms with E-state index in [1.54, 1.807) is 37.3 Å². The maximum Gasteiger partial charge on any atom is 0.459 e. The molecule has 3 unspecified atom stereocenters. The van der Waals surface area contributed by atoms with E-state index in [9.17, 15) is 14.2 Å². The predicted molar refractivity (Wildman–Crippen MR) is 116 cm³/mol. The van der Waals surface area contributed by atoms with Gasteiger partial charge in [0.2, 0.25) is 0 Å². The van der Waals surface area contributed by atoms with Crippen molar-refractivity contribution < 1.29 is 27.9 Å². The lowest BCUT2D eigenvalue weighted by atomic mass is 10.1. The second-order valence-corrected chi connectivity index (χ2v) is 8.98. The number of hydrogen-bond acceptors (Lipinski definition) is 9. The summed E-state index contributed by atoms with van der Waals surface area (Å²) in [6, 6.07) is 9.02. The fourth-order valence-corrected chi connectivity index (χ4v) is 5.00. The van der Waals surface area contributed by atoms with Crippen LogP contribution in [0.2, 0.25) is 0 Å². The largest absolute Gasteiger partial charge is 0.468 e. The van der Waals surface area contributed by atoms with Crippen molar-refractivity contribution in [1.29, 1.82) is 0 Å². The van der Waals surface area contributed by atoms with Gasteiger partial charge in [0.25, 0.3) is 0 Å². The van der Waals surface area contributed by atoms with Gasteiger partial charge in [0, 0.05) is 6.20 Å². The normalized spacial score (nSPS) is 22.0. The van der Waals surface area contributed by atoms with Crippen LogP contribution in [-0.4, -0.2) is 40.9 Å². The van der Waals surface area contributed by atoms with Gasteiger partial charge in [0.15, 0.2) is 0 Å². The first-order valence-corrected chi connectivity index (χ1v) is 11.6. The maximum absolute atomic E-state index is 13.5. The molecule has 1 saturated heterocycles. The predicted octanol–water partition coefficient (Wildman–Crippen LogP) is 2.25. The highest BCUT2D eigenvalue weighted by Gasteiger charge is 2.39. The summed E-state index contributed by atoms with van der Waals surface area (Å²) >= 11 is 0. The minimum Gasteiger partial charge on any atom is -0.468 e. The lowest BCUT2D eigenvalue weighted by Crippen LogP contribution is -2.37. The zero-order chi connectivity index (χ0) is 23.3. The van der Waals surface area contributed by atoms with Crippen LogP contribution < -0.4 is 21.0 Å². The molecule has 0 bridgehead atoms. The van der Waals surface area contributed by atoms with Crippen molar-refractivity contribution in [2.75, 3.05) is 12.8 Å². The Balaban J connectivity index is 1.72. The van der Waals surface area contributed by atoms with Gasteiger partial charge in [-0.2, -0.15) is 10.1 Å². The minimum atomic E-state index is -4.01. The van der Waals surface area contributed by atoms with Gasteiger partial charge in [0.05, 0.1) is 19.3 Å². The second-order valence-electron chi connectivity index (χ2n) is 7.34. The smallest absolute Gasteiger partial charge is 0.459 e. The average Bonchev–Trinajstić information content (AvgIpc) is 3.23. The van der Waals surface area contributed by atoms with Gasteiger partial charge in [-0.3, -0.25) is 13.9 Å². The molecule has 3 N–H and O–H groups in total. The molecule has 1 fully saturated rings. The molecule has 174 valence electrons. The van der Waals surface area contributed by atoms with E-state index in [1.165, 1.54) is 30.9 Å². The Morgan fingerprint density at radius 2 is 2.00 bits per heavy atom. The number of nitrogens with zero attached hydrogens (tertiary/aromatic N) is 2. The molecule has 0 aliphatic carbocycles. The van der Waals surface area contributed by atoms with Crippen LogP contribution in [0.1, 0.15) is 32.9 Å². The van der Waals surface area contributed by atoms with Crippen molar-refractivity contribution in [2.45, 2.75) is 51.2 Å². The van der Waals surface area contributed by atoms with E-state index < -0.39 is 43.9 Å². The average molecular weight is 466 g/mol. The van der Waals surface area contributed by atoms with Gasteiger partial charge in [0.1, 0.15) is 23.8 Å². The van der Waals surface area contributed by atoms with Crippen molar-refractivity contribution >= 4 is 19.5 Å². The molecule has 32 heavy (non-hydrogen) atoms. The summed E-state index contributed by atoms with van der Waals surface area (Å²) in [4.78, 5) is 27.6. The van der Waals surface area contributed by atoms with E-state index >= 15 is 0 Å². The van der Waals surface area contributed by atoms with E-state index in [1.807, 2.05) is 0 Å². The molecule has 1 aliphatic heterocycles. The maximum atomic E-state index is 13.5. The van der Waals surface area contributed by atoms with Crippen LogP contribution in [0.3, 0.4) is 0 Å². The number of carbonyl (C=O) groups excluding carboxylic acids is 1. The van der Waals surface area contributed by atoms with Crippen LogP contribution in [0.25, 0.3) is 0 Å². The molecule has 0 saturated carbocycles. The summed E-state index contributed by atoms with van der Waals surface area (Å²) in [5.41, 5.74) is 5.02. The molecule has 2 heterocycles. The van der Waals surface area contributed by atoms with Gasteiger partial charge in [-0.05, 0) is 44.9 Å². The summed E-state index contributed by atoms with van der Waals surface area (Å²) in [7, 11) is -2.78. The number of aromatic nitrogens is 2. The number of ether oxygens (including phenoxy) is 2. The highest BCUT2D eigenvalue weighted by atomic mass is 31.2. The van der Waals surface area contributed by atoms with Gasteiger partial charge in [-0.1, -0.05) is 18.2 Å². The van der Waals surface area contributed by atoms with Gasteiger partial charge < -0.3 is 19.7 Å². The Kier molecular flexibility index (Phi) is 7.68. The number of nitrogens with one attached hydrogen (secondary N) is 1. The molecule has 1 aromatic carbocycles. The summed E-state index contributed by atoms with van der Waals surface area (Å²) in [6.07, 6.45) is 0.867. The Hall–Kier alpha value is -2.72. The lowest BCUT2D eigenvalue weighted by Gasteiger charge is -2.28. The number of hydrogen-bond donors (Lipinski definition) is 2. The SMILES string of the molecule is COC(=O)C(C)NP(=O)(Oc1ccccc1)OC(C)[C@@H]1CC[C@H](n2ccc(N)nc2=O)O1. The first-order chi connectivity index (χ1) is 15.2. The quantitative estimate of drug-likeness (QED) is 0.417. The van der Waals surface area contributed by atoms with Crippen molar-refractivity contribution in [3.05, 3.63) is 53.1 Å². The van der Waals surface area contributed by atoms with Crippen LogP contribution in [0.4, 0.5) is 5.82 Å². The van der Waals surface area contributed by atoms with Crippen LogP contribution in [0.5, 0.6) is 5.75 Å². The third-order valence-corrected chi connectivity index (χ3v) is 6.66. The number of carbonyl (C=O) groups is 1. The Labute approximate surface area is 185 Å². The monoisotopic (exact) mass is 466 g/mol. The summed E-state index contributed by atoms with van der Waals surface area (Å²) in [5, 5.41) is 2.61. The third kappa shape index (κ3) is 5.95. The number of nitrogens with two attached hydrogens (primary N) is 1. The number of anilines is 1. The van der Waals surface area contributed by atoms with Gasteiger partial charge in [-0.25, -0.2) is 9.36 Å². The molecule has 11 nitrogen and oxygen atoms in total. The highest BCUT2D eigenvalue weighted by Crippen LogP contribution is 2.47. The highest BCUT2D eigenvalue weighted by molar-refractivity contribution is 7.52. The number of nitrogen functional groups attached to an aromatic ring is 1. The fraction of sp³-hybridized carbons (Fsp3) is 0.450. The molecule has 2 aromatic rings. The summed E-state index contributed by atoms with van der Waals surface area (Å²) < 4.78 is 36.9.